The lowest BCUT2D eigenvalue weighted by Gasteiger charge is -2.34. The van der Waals surface area contributed by atoms with Gasteiger partial charge in [-0.15, -0.1) is 0 Å². The molecular weight excluding hydrogens is 406 g/mol. The maximum atomic E-state index is 13.6. The lowest BCUT2D eigenvalue weighted by atomic mass is 9.94. The molecule has 0 aliphatic heterocycles. The molecule has 1 aromatic carbocycles. The molecule has 3 unspecified atom stereocenters. The quantitative estimate of drug-likeness (QED) is 0.623. The van der Waals surface area contributed by atoms with Crippen molar-refractivity contribution in [1.29, 1.82) is 0 Å². The van der Waals surface area contributed by atoms with Gasteiger partial charge >= 0.3 is 6.09 Å². The minimum Gasteiger partial charge on any atom is -0.444 e. The van der Waals surface area contributed by atoms with Crippen LogP contribution in [0, 0.1) is 19.8 Å². The third-order valence-electron chi connectivity index (χ3n) is 5.29. The second kappa shape index (κ2) is 11.3. The summed E-state index contributed by atoms with van der Waals surface area (Å²) in [5.41, 5.74) is 2.00. The molecule has 0 bridgehead atoms. The molecule has 3 atom stereocenters. The molecular formula is C25H41N3O4. The Balaban J connectivity index is 3.35. The summed E-state index contributed by atoms with van der Waals surface area (Å²) in [4.78, 5) is 40.7. The highest BCUT2D eigenvalue weighted by Gasteiger charge is 2.36. The predicted octanol–water partition coefficient (Wildman–Crippen LogP) is 4.27. The third-order valence-corrected chi connectivity index (χ3v) is 5.29. The first-order valence-electron chi connectivity index (χ1n) is 11.3. The SMILES string of the molecule is CCC(C)C(NC(=O)OC(C)(C)C)C(=O)N(C)C(C(=O)NC(C)C)c1cc(C)ccc1C. The number of aryl methyl sites for hydroxylation is 2. The summed E-state index contributed by atoms with van der Waals surface area (Å²) in [6, 6.07) is 4.14. The largest absolute Gasteiger partial charge is 0.444 e. The number of nitrogens with zero attached hydrogens (tertiary/aromatic N) is 1. The van der Waals surface area contributed by atoms with Crippen LogP contribution in [0.3, 0.4) is 0 Å². The van der Waals surface area contributed by atoms with Gasteiger partial charge in [-0.25, -0.2) is 4.79 Å². The summed E-state index contributed by atoms with van der Waals surface area (Å²) < 4.78 is 5.37. The molecule has 0 fully saturated rings. The normalized spacial score (nSPS) is 14.3. The first kappa shape index (κ1) is 27.5. The lowest BCUT2D eigenvalue weighted by Crippen LogP contribution is -2.54. The van der Waals surface area contributed by atoms with Gasteiger partial charge in [-0.2, -0.15) is 0 Å². The van der Waals surface area contributed by atoms with Gasteiger partial charge in [0, 0.05) is 13.1 Å². The van der Waals surface area contributed by atoms with E-state index < -0.39 is 23.8 Å². The van der Waals surface area contributed by atoms with Crippen LogP contribution in [-0.2, 0) is 14.3 Å². The highest BCUT2D eigenvalue weighted by Crippen LogP contribution is 2.26. The average molecular weight is 448 g/mol. The number of hydrogen-bond acceptors (Lipinski definition) is 4. The predicted molar refractivity (Wildman–Crippen MR) is 127 cm³/mol. The minimum absolute atomic E-state index is 0.0798. The molecule has 0 aromatic heterocycles. The molecule has 0 heterocycles. The summed E-state index contributed by atoms with van der Waals surface area (Å²) in [7, 11) is 1.61. The van der Waals surface area contributed by atoms with E-state index in [4.69, 9.17) is 4.74 Å². The van der Waals surface area contributed by atoms with Gasteiger partial charge in [0.15, 0.2) is 0 Å². The molecule has 7 nitrogen and oxygen atoms in total. The number of likely N-dealkylation sites (N-methyl/N-ethyl adjacent to an activating group) is 1. The highest BCUT2D eigenvalue weighted by atomic mass is 16.6. The minimum atomic E-state index is -0.822. The highest BCUT2D eigenvalue weighted by molar-refractivity contribution is 5.92. The zero-order valence-corrected chi connectivity index (χ0v) is 21.3. The number of hydrogen-bond donors (Lipinski definition) is 2. The number of rotatable bonds is 8. The molecule has 7 heteroatoms. The van der Waals surface area contributed by atoms with Crippen LogP contribution in [0.4, 0.5) is 4.79 Å². The Morgan fingerprint density at radius 1 is 1.06 bits per heavy atom. The van der Waals surface area contributed by atoms with Gasteiger partial charge in [-0.1, -0.05) is 44.0 Å². The second-order valence-electron chi connectivity index (χ2n) is 9.88. The summed E-state index contributed by atoms with van der Waals surface area (Å²) in [6.07, 6.45) is 0.0197. The van der Waals surface area contributed by atoms with Crippen molar-refractivity contribution in [2.24, 2.45) is 5.92 Å². The zero-order chi connectivity index (χ0) is 24.8. The Bertz CT molecular complexity index is 814. The standard InChI is InChI=1S/C25H41N3O4/c1-11-17(5)20(27-24(31)32-25(7,8)9)23(30)28(10)21(22(29)26-15(2)3)19-14-16(4)12-13-18(19)6/h12-15,17,20-21H,11H2,1-10H3,(H,26,29)(H,27,31). The van der Waals surface area contributed by atoms with Crippen molar-refractivity contribution < 1.29 is 19.1 Å². The molecule has 0 saturated heterocycles. The molecule has 2 N–H and O–H groups in total. The van der Waals surface area contributed by atoms with Crippen molar-refractivity contribution >= 4 is 17.9 Å². The maximum Gasteiger partial charge on any atom is 0.408 e. The molecule has 1 aromatic rings. The number of nitrogens with one attached hydrogen (secondary N) is 2. The van der Waals surface area contributed by atoms with E-state index in [2.05, 4.69) is 10.6 Å². The van der Waals surface area contributed by atoms with Crippen molar-refractivity contribution in [3.63, 3.8) is 0 Å². The number of benzene rings is 1. The van der Waals surface area contributed by atoms with E-state index in [9.17, 15) is 14.4 Å². The van der Waals surface area contributed by atoms with Crippen LogP contribution in [0.2, 0.25) is 0 Å². The van der Waals surface area contributed by atoms with Crippen LogP contribution in [0.15, 0.2) is 18.2 Å². The van der Waals surface area contributed by atoms with Gasteiger partial charge in [0.05, 0.1) is 0 Å². The number of amides is 3. The van der Waals surface area contributed by atoms with Crippen molar-refractivity contribution in [2.75, 3.05) is 7.05 Å². The van der Waals surface area contributed by atoms with E-state index in [1.807, 2.05) is 59.7 Å². The van der Waals surface area contributed by atoms with Crippen molar-refractivity contribution in [1.82, 2.24) is 15.5 Å². The Morgan fingerprint density at radius 2 is 1.66 bits per heavy atom. The van der Waals surface area contributed by atoms with E-state index in [1.54, 1.807) is 27.8 Å². The molecule has 1 rings (SSSR count). The van der Waals surface area contributed by atoms with Crippen molar-refractivity contribution in [2.45, 2.75) is 92.5 Å². The molecule has 0 radical (unpaired) electrons. The third kappa shape index (κ3) is 7.84. The molecule has 180 valence electrons. The fourth-order valence-corrected chi connectivity index (χ4v) is 3.41. The topological polar surface area (TPSA) is 87.7 Å². The summed E-state index contributed by atoms with van der Waals surface area (Å²) in [5, 5.41) is 5.67. The van der Waals surface area contributed by atoms with E-state index in [-0.39, 0.29) is 23.8 Å². The van der Waals surface area contributed by atoms with Crippen LogP contribution < -0.4 is 10.6 Å². The molecule has 0 aliphatic rings. The monoisotopic (exact) mass is 447 g/mol. The number of carbonyl (C=O) groups is 3. The first-order valence-corrected chi connectivity index (χ1v) is 11.3. The Hall–Kier alpha value is -2.57. The van der Waals surface area contributed by atoms with Gasteiger partial charge in [-0.3, -0.25) is 9.59 Å². The first-order chi connectivity index (χ1) is 14.7. The zero-order valence-electron chi connectivity index (χ0n) is 21.3. The Kier molecular flexibility index (Phi) is 9.73. The average Bonchev–Trinajstić information content (AvgIpc) is 2.65. The van der Waals surface area contributed by atoms with Crippen molar-refractivity contribution in [3.8, 4) is 0 Å². The number of ether oxygens (including phenoxy) is 1. The van der Waals surface area contributed by atoms with Crippen LogP contribution in [-0.4, -0.2) is 47.5 Å². The van der Waals surface area contributed by atoms with Crippen LogP contribution >= 0.6 is 0 Å². The Labute approximate surface area is 193 Å². The smallest absolute Gasteiger partial charge is 0.408 e. The molecule has 0 aliphatic carbocycles. The summed E-state index contributed by atoms with van der Waals surface area (Å²) >= 11 is 0. The van der Waals surface area contributed by atoms with Gasteiger partial charge in [-0.05, 0) is 65.5 Å². The summed E-state index contributed by atoms with van der Waals surface area (Å²) in [5.74, 6) is -0.746. The second-order valence-corrected chi connectivity index (χ2v) is 9.88. The maximum absolute atomic E-state index is 13.6. The van der Waals surface area contributed by atoms with E-state index in [1.165, 1.54) is 4.90 Å². The lowest BCUT2D eigenvalue weighted by molar-refractivity contribution is -0.142. The Morgan fingerprint density at radius 3 is 2.16 bits per heavy atom. The van der Waals surface area contributed by atoms with Crippen LogP contribution in [0.25, 0.3) is 0 Å². The van der Waals surface area contributed by atoms with Crippen LogP contribution in [0.1, 0.15) is 77.6 Å². The van der Waals surface area contributed by atoms with E-state index in [0.29, 0.717) is 6.42 Å². The number of carbonyl (C=O) groups excluding carboxylic acids is 3. The van der Waals surface area contributed by atoms with E-state index >= 15 is 0 Å². The van der Waals surface area contributed by atoms with Gasteiger partial charge in [0.2, 0.25) is 11.8 Å². The van der Waals surface area contributed by atoms with Gasteiger partial charge < -0.3 is 20.3 Å². The molecule has 0 saturated carbocycles. The molecule has 32 heavy (non-hydrogen) atoms. The molecule has 0 spiro atoms. The fourth-order valence-electron chi connectivity index (χ4n) is 3.41. The summed E-state index contributed by atoms with van der Waals surface area (Å²) in [6.45, 7) is 16.8. The van der Waals surface area contributed by atoms with Gasteiger partial charge in [0.25, 0.3) is 0 Å². The van der Waals surface area contributed by atoms with E-state index in [0.717, 1.165) is 16.7 Å². The number of alkyl carbamates (subject to hydrolysis) is 1. The van der Waals surface area contributed by atoms with Crippen LogP contribution in [0.5, 0.6) is 0 Å². The molecule has 3 amide bonds. The fraction of sp³-hybridized carbons (Fsp3) is 0.640. The van der Waals surface area contributed by atoms with Gasteiger partial charge in [0.1, 0.15) is 17.7 Å². The van der Waals surface area contributed by atoms with Crippen molar-refractivity contribution in [3.05, 3.63) is 34.9 Å².